The van der Waals surface area contributed by atoms with Gasteiger partial charge in [0, 0.05) is 25.7 Å². The summed E-state index contributed by atoms with van der Waals surface area (Å²) >= 11 is 5.68. The zero-order valence-corrected chi connectivity index (χ0v) is 13.1. The van der Waals surface area contributed by atoms with Crippen molar-refractivity contribution >= 4 is 29.2 Å². The molecule has 1 aromatic rings. The number of hydrogen-bond acceptors (Lipinski definition) is 6. The zero-order chi connectivity index (χ0) is 18.1. The summed E-state index contributed by atoms with van der Waals surface area (Å²) < 4.78 is 49.9. The number of nitrogens with one attached hydrogen (secondary N) is 1. The van der Waals surface area contributed by atoms with Gasteiger partial charge in [-0.1, -0.05) is 11.6 Å². The molecule has 1 aromatic carbocycles. The molecule has 1 N–H and O–H groups in total. The van der Waals surface area contributed by atoms with Gasteiger partial charge in [0.25, 0.3) is 5.79 Å². The van der Waals surface area contributed by atoms with Crippen molar-refractivity contribution in [3.8, 4) is 5.75 Å². The van der Waals surface area contributed by atoms with Gasteiger partial charge in [-0.3, -0.25) is 0 Å². The van der Waals surface area contributed by atoms with E-state index in [0.29, 0.717) is 0 Å². The Morgan fingerprint density at radius 1 is 1.21 bits per heavy atom. The Bertz CT molecular complexity index is 693. The van der Waals surface area contributed by atoms with Crippen molar-refractivity contribution in [2.75, 3.05) is 5.32 Å². The highest BCUT2D eigenvalue weighted by atomic mass is 35.5. The molecule has 0 saturated carbocycles. The first kappa shape index (κ1) is 17.9. The van der Waals surface area contributed by atoms with E-state index in [1.54, 1.807) is 0 Å². The third-order valence-electron chi connectivity index (χ3n) is 2.66. The predicted octanol–water partition coefficient (Wildman–Crippen LogP) is 3.37. The smallest absolute Gasteiger partial charge is 0.419 e. The monoisotopic (exact) mass is 365 g/mol. The fraction of sp³-hybridized carbons (Fsp3) is 0.286. The molecule has 0 unspecified atom stereocenters. The minimum atomic E-state index is -4.87. The Kier molecular flexibility index (Phi) is 4.66. The molecule has 0 spiro atoms. The summed E-state index contributed by atoms with van der Waals surface area (Å²) in [6.07, 6.45) is -3.86. The van der Waals surface area contributed by atoms with Gasteiger partial charge in [-0.15, -0.1) is 13.2 Å². The van der Waals surface area contributed by atoms with Crippen LogP contribution in [0.1, 0.15) is 13.8 Å². The van der Waals surface area contributed by atoms with E-state index in [1.165, 1.54) is 19.9 Å². The van der Waals surface area contributed by atoms with E-state index < -0.39 is 35.4 Å². The Morgan fingerprint density at radius 3 is 2.29 bits per heavy atom. The van der Waals surface area contributed by atoms with Crippen LogP contribution in [0.25, 0.3) is 0 Å². The van der Waals surface area contributed by atoms with Crippen LogP contribution < -0.4 is 10.1 Å². The fourth-order valence-corrected chi connectivity index (χ4v) is 1.95. The van der Waals surface area contributed by atoms with Gasteiger partial charge in [0.1, 0.15) is 5.75 Å². The number of carbonyl (C=O) groups excluding carboxylic acids is 2. The molecule has 24 heavy (non-hydrogen) atoms. The maximum atomic E-state index is 12.2. The minimum absolute atomic E-state index is 0.215. The summed E-state index contributed by atoms with van der Waals surface area (Å²) in [4.78, 5) is 23.4. The molecule has 0 aromatic heterocycles. The molecule has 130 valence electrons. The summed E-state index contributed by atoms with van der Waals surface area (Å²) in [6, 6.07) is 3.33. The van der Waals surface area contributed by atoms with Gasteiger partial charge in [-0.05, 0) is 18.2 Å². The molecule has 0 aliphatic carbocycles. The van der Waals surface area contributed by atoms with E-state index in [9.17, 15) is 22.8 Å². The summed E-state index contributed by atoms with van der Waals surface area (Å²) in [7, 11) is 0. The number of anilines is 1. The van der Waals surface area contributed by atoms with Gasteiger partial charge < -0.3 is 19.5 Å². The molecule has 0 bridgehead atoms. The van der Waals surface area contributed by atoms with E-state index in [4.69, 9.17) is 21.1 Å². The number of rotatable bonds is 3. The van der Waals surface area contributed by atoms with Crippen molar-refractivity contribution in [1.29, 1.82) is 0 Å². The zero-order valence-electron chi connectivity index (χ0n) is 12.4. The molecule has 6 nitrogen and oxygen atoms in total. The van der Waals surface area contributed by atoms with Crippen LogP contribution >= 0.6 is 11.6 Å². The first-order chi connectivity index (χ1) is 11.0. The highest BCUT2D eigenvalue weighted by Gasteiger charge is 2.39. The van der Waals surface area contributed by atoms with Crippen LogP contribution in [0, 0.1) is 0 Å². The van der Waals surface area contributed by atoms with Crippen molar-refractivity contribution < 1.29 is 37.0 Å². The standard InChI is InChI=1S/C14H11ClF3NO5/c1-13(2)23-11(20)8(12(21)24-13)6-19-7-3-4-10(9(15)5-7)22-14(16,17)18/h3-6,19H,1-2H3. The third kappa shape index (κ3) is 4.54. The van der Waals surface area contributed by atoms with Crippen LogP contribution in [-0.2, 0) is 19.1 Å². The van der Waals surface area contributed by atoms with E-state index in [0.717, 1.165) is 18.3 Å². The Balaban J connectivity index is 2.13. The first-order valence-electron chi connectivity index (χ1n) is 6.45. The maximum absolute atomic E-state index is 12.2. The molecule has 1 heterocycles. The molecule has 1 saturated heterocycles. The lowest BCUT2D eigenvalue weighted by Crippen LogP contribution is -2.42. The van der Waals surface area contributed by atoms with Crippen molar-refractivity contribution in [3.05, 3.63) is 35.0 Å². The Hall–Kier alpha value is -2.42. The number of hydrogen-bond donors (Lipinski definition) is 1. The minimum Gasteiger partial charge on any atom is -0.419 e. The molecule has 0 radical (unpaired) electrons. The van der Waals surface area contributed by atoms with Crippen LogP contribution in [0.15, 0.2) is 30.0 Å². The molecule has 0 amide bonds. The largest absolute Gasteiger partial charge is 0.573 e. The molecule has 2 rings (SSSR count). The number of halogens is 4. The Labute approximate surface area is 139 Å². The van der Waals surface area contributed by atoms with Crippen molar-refractivity contribution in [2.24, 2.45) is 0 Å². The topological polar surface area (TPSA) is 73.9 Å². The molecule has 1 aliphatic rings. The highest BCUT2D eigenvalue weighted by Crippen LogP contribution is 2.32. The van der Waals surface area contributed by atoms with Crippen molar-refractivity contribution in [2.45, 2.75) is 26.0 Å². The van der Waals surface area contributed by atoms with E-state index >= 15 is 0 Å². The average Bonchev–Trinajstić information content (AvgIpc) is 2.38. The lowest BCUT2D eigenvalue weighted by molar-refractivity contribution is -0.274. The second-order valence-electron chi connectivity index (χ2n) is 5.07. The maximum Gasteiger partial charge on any atom is 0.573 e. The van der Waals surface area contributed by atoms with Crippen molar-refractivity contribution in [1.82, 2.24) is 0 Å². The Morgan fingerprint density at radius 2 is 1.79 bits per heavy atom. The van der Waals surface area contributed by atoms with Gasteiger partial charge in [-0.25, -0.2) is 9.59 Å². The quantitative estimate of drug-likeness (QED) is 0.503. The van der Waals surface area contributed by atoms with Gasteiger partial charge >= 0.3 is 18.3 Å². The van der Waals surface area contributed by atoms with Gasteiger partial charge in [0.2, 0.25) is 0 Å². The molecular weight excluding hydrogens is 355 g/mol. The van der Waals surface area contributed by atoms with Gasteiger partial charge in [0.05, 0.1) is 5.02 Å². The molecule has 1 aliphatic heterocycles. The predicted molar refractivity (Wildman–Crippen MR) is 76.1 cm³/mol. The summed E-state index contributed by atoms with van der Waals surface area (Å²) in [5.41, 5.74) is -0.187. The van der Waals surface area contributed by atoms with Crippen LogP contribution in [0.2, 0.25) is 5.02 Å². The molecule has 10 heteroatoms. The summed E-state index contributed by atoms with van der Waals surface area (Å²) in [5.74, 6) is -3.75. The van der Waals surface area contributed by atoms with Crippen LogP contribution in [0.4, 0.5) is 18.9 Å². The second-order valence-corrected chi connectivity index (χ2v) is 5.48. The molecular formula is C14H11ClF3NO5. The fourth-order valence-electron chi connectivity index (χ4n) is 1.73. The van der Waals surface area contributed by atoms with Crippen molar-refractivity contribution in [3.63, 3.8) is 0 Å². The average molecular weight is 366 g/mol. The highest BCUT2D eigenvalue weighted by molar-refractivity contribution is 6.32. The molecule has 1 fully saturated rings. The van der Waals surface area contributed by atoms with Crippen LogP contribution in [-0.4, -0.2) is 24.1 Å². The number of carbonyl (C=O) groups is 2. The first-order valence-corrected chi connectivity index (χ1v) is 6.83. The van der Waals surface area contributed by atoms with E-state index in [2.05, 4.69) is 10.1 Å². The number of cyclic esters (lactones) is 2. The lowest BCUT2D eigenvalue weighted by atomic mass is 10.2. The lowest BCUT2D eigenvalue weighted by Gasteiger charge is -2.29. The van der Waals surface area contributed by atoms with E-state index in [-0.39, 0.29) is 10.7 Å². The number of alkyl halides is 3. The van der Waals surface area contributed by atoms with Crippen LogP contribution in [0.3, 0.4) is 0 Å². The van der Waals surface area contributed by atoms with Gasteiger partial charge in [0.15, 0.2) is 5.57 Å². The van der Waals surface area contributed by atoms with E-state index in [1.807, 2.05) is 0 Å². The summed E-state index contributed by atoms with van der Waals surface area (Å²) in [6.45, 7) is 2.79. The third-order valence-corrected chi connectivity index (χ3v) is 2.95. The second kappa shape index (κ2) is 6.23. The number of esters is 2. The number of benzene rings is 1. The van der Waals surface area contributed by atoms with Crippen LogP contribution in [0.5, 0.6) is 5.75 Å². The number of ether oxygens (including phenoxy) is 3. The SMILES string of the molecule is CC1(C)OC(=O)C(=CNc2ccc(OC(F)(F)F)c(Cl)c2)C(=O)O1. The normalized spacial score (nSPS) is 17.0. The molecule has 0 atom stereocenters. The summed E-state index contributed by atoms with van der Waals surface area (Å²) in [5, 5.41) is 2.23. The van der Waals surface area contributed by atoms with Gasteiger partial charge in [-0.2, -0.15) is 0 Å².